The van der Waals surface area contributed by atoms with Gasteiger partial charge in [0.1, 0.15) is 0 Å². The predicted molar refractivity (Wildman–Crippen MR) is 86.2 cm³/mol. The van der Waals surface area contributed by atoms with Crippen LogP contribution >= 0.6 is 0 Å². The maximum Gasteiger partial charge on any atom is 0.251 e. The minimum atomic E-state index is -0.0608. The first kappa shape index (κ1) is 15.1. The van der Waals surface area contributed by atoms with Crippen molar-refractivity contribution in [3.8, 4) is 0 Å². The lowest BCUT2D eigenvalue weighted by atomic mass is 10.1. The molecule has 0 bridgehead atoms. The Balaban J connectivity index is 1.91. The summed E-state index contributed by atoms with van der Waals surface area (Å²) in [4.78, 5) is 12.1. The van der Waals surface area contributed by atoms with E-state index in [4.69, 9.17) is 5.84 Å². The van der Waals surface area contributed by atoms with E-state index < -0.39 is 0 Å². The van der Waals surface area contributed by atoms with Crippen LogP contribution in [0.1, 0.15) is 27.0 Å². The van der Waals surface area contributed by atoms with Crippen LogP contribution in [0.3, 0.4) is 0 Å². The lowest BCUT2D eigenvalue weighted by Gasteiger charge is -2.09. The fourth-order valence-electron chi connectivity index (χ4n) is 2.26. The quantitative estimate of drug-likeness (QED) is 0.583. The zero-order chi connectivity index (χ0) is 15.2. The average Bonchev–Trinajstić information content (AvgIpc) is 2.47. The summed E-state index contributed by atoms with van der Waals surface area (Å²) in [6.07, 6.45) is 0.828. The van der Waals surface area contributed by atoms with Gasteiger partial charge in [0.25, 0.3) is 5.91 Å². The molecule has 2 aromatic carbocycles. The molecule has 0 saturated heterocycles. The van der Waals surface area contributed by atoms with Gasteiger partial charge in [-0.2, -0.15) is 0 Å². The van der Waals surface area contributed by atoms with Crippen molar-refractivity contribution in [1.82, 2.24) is 5.32 Å². The number of amides is 1. The largest absolute Gasteiger partial charge is 0.352 e. The molecular weight excluding hydrogens is 262 g/mol. The highest BCUT2D eigenvalue weighted by Crippen LogP contribution is 2.15. The second-order valence-electron chi connectivity index (χ2n) is 5.17. The van der Waals surface area contributed by atoms with Gasteiger partial charge in [0, 0.05) is 12.1 Å². The molecule has 4 N–H and O–H groups in total. The maximum absolute atomic E-state index is 12.1. The Labute approximate surface area is 125 Å². The predicted octanol–water partition coefficient (Wildman–Crippen LogP) is 2.56. The molecule has 0 radical (unpaired) electrons. The van der Waals surface area contributed by atoms with Gasteiger partial charge < -0.3 is 10.7 Å². The lowest BCUT2D eigenvalue weighted by Crippen LogP contribution is -2.25. The first-order valence-electron chi connectivity index (χ1n) is 7.01. The molecule has 0 heterocycles. The molecule has 0 unspecified atom stereocenters. The number of rotatable bonds is 5. The second-order valence-corrected chi connectivity index (χ2v) is 5.17. The summed E-state index contributed by atoms with van der Waals surface area (Å²) in [7, 11) is 0. The molecule has 2 aromatic rings. The van der Waals surface area contributed by atoms with E-state index in [0.29, 0.717) is 12.1 Å². The summed E-state index contributed by atoms with van der Waals surface area (Å²) in [6, 6.07) is 13.7. The molecule has 2 rings (SSSR count). The Bertz CT molecular complexity index is 638. The molecule has 0 spiro atoms. The summed E-state index contributed by atoms with van der Waals surface area (Å²) in [5.41, 5.74) is 7.49. The number of hydrogen-bond donors (Lipinski definition) is 3. The molecule has 4 heteroatoms. The van der Waals surface area contributed by atoms with Gasteiger partial charge in [-0.1, -0.05) is 29.8 Å². The van der Waals surface area contributed by atoms with E-state index in [0.717, 1.165) is 17.7 Å². The number of nitrogens with two attached hydrogens (primary N) is 1. The Morgan fingerprint density at radius 1 is 1.14 bits per heavy atom. The molecule has 4 nitrogen and oxygen atoms in total. The van der Waals surface area contributed by atoms with E-state index >= 15 is 0 Å². The number of nitrogens with one attached hydrogen (secondary N) is 2. The lowest BCUT2D eigenvalue weighted by molar-refractivity contribution is 0.0954. The van der Waals surface area contributed by atoms with Gasteiger partial charge in [0.2, 0.25) is 0 Å². The van der Waals surface area contributed by atoms with E-state index in [1.807, 2.05) is 25.1 Å². The van der Waals surface area contributed by atoms with E-state index in [1.165, 1.54) is 11.1 Å². The van der Waals surface area contributed by atoms with Gasteiger partial charge in [-0.05, 0) is 49.6 Å². The Morgan fingerprint density at radius 2 is 1.95 bits per heavy atom. The van der Waals surface area contributed by atoms with E-state index in [1.54, 1.807) is 6.07 Å². The number of anilines is 1. The van der Waals surface area contributed by atoms with Crippen molar-refractivity contribution in [3.63, 3.8) is 0 Å². The number of carbonyl (C=O) groups is 1. The number of aryl methyl sites for hydroxylation is 2. The molecule has 0 saturated carbocycles. The third-order valence-electron chi connectivity index (χ3n) is 3.43. The van der Waals surface area contributed by atoms with Gasteiger partial charge in [-0.15, -0.1) is 0 Å². The van der Waals surface area contributed by atoms with Crippen molar-refractivity contribution in [2.45, 2.75) is 20.3 Å². The Morgan fingerprint density at radius 3 is 2.62 bits per heavy atom. The van der Waals surface area contributed by atoms with E-state index in [9.17, 15) is 4.79 Å². The smallest absolute Gasteiger partial charge is 0.251 e. The van der Waals surface area contributed by atoms with Gasteiger partial charge in [-0.25, -0.2) is 0 Å². The molecule has 0 aliphatic rings. The molecule has 0 atom stereocenters. The van der Waals surface area contributed by atoms with Crippen molar-refractivity contribution in [2.75, 3.05) is 12.0 Å². The fraction of sp³-hybridized carbons (Fsp3) is 0.235. The summed E-state index contributed by atoms with van der Waals surface area (Å²) in [5, 5.41) is 2.94. The maximum atomic E-state index is 12.1. The third kappa shape index (κ3) is 4.07. The SMILES string of the molecule is Cc1cccc(CCNC(=O)c2ccc(NN)c(C)c2)c1. The van der Waals surface area contributed by atoms with Gasteiger partial charge in [0.15, 0.2) is 0 Å². The highest BCUT2D eigenvalue weighted by Gasteiger charge is 2.07. The molecule has 110 valence electrons. The number of benzene rings is 2. The topological polar surface area (TPSA) is 67.2 Å². The standard InChI is InChI=1S/C17H21N3O/c1-12-4-3-5-14(10-12)8-9-19-17(21)15-6-7-16(20-18)13(2)11-15/h3-7,10-11,20H,8-9,18H2,1-2H3,(H,19,21). The van der Waals surface area contributed by atoms with Crippen molar-refractivity contribution < 1.29 is 4.79 Å². The third-order valence-corrected chi connectivity index (χ3v) is 3.43. The molecule has 0 aliphatic heterocycles. The van der Waals surface area contributed by atoms with Crippen LogP contribution in [-0.4, -0.2) is 12.5 Å². The number of nitrogen functional groups attached to an aromatic ring is 1. The zero-order valence-corrected chi connectivity index (χ0v) is 12.4. The van der Waals surface area contributed by atoms with Crippen LogP contribution in [0, 0.1) is 13.8 Å². The summed E-state index contributed by atoms with van der Waals surface area (Å²) >= 11 is 0. The van der Waals surface area contributed by atoms with Crippen LogP contribution in [0.25, 0.3) is 0 Å². The van der Waals surface area contributed by atoms with Crippen molar-refractivity contribution in [3.05, 3.63) is 64.7 Å². The summed E-state index contributed by atoms with van der Waals surface area (Å²) < 4.78 is 0. The first-order chi connectivity index (χ1) is 10.1. The van der Waals surface area contributed by atoms with E-state index in [-0.39, 0.29) is 5.91 Å². The molecule has 1 amide bonds. The highest BCUT2D eigenvalue weighted by molar-refractivity contribution is 5.94. The van der Waals surface area contributed by atoms with Crippen molar-refractivity contribution >= 4 is 11.6 Å². The van der Waals surface area contributed by atoms with E-state index in [2.05, 4.69) is 35.9 Å². The fourth-order valence-corrected chi connectivity index (χ4v) is 2.26. The van der Waals surface area contributed by atoms with Gasteiger partial charge in [0.05, 0.1) is 5.69 Å². The summed E-state index contributed by atoms with van der Waals surface area (Å²) in [5.74, 6) is 5.32. The normalized spacial score (nSPS) is 10.2. The molecule has 0 aromatic heterocycles. The minimum absolute atomic E-state index is 0.0608. The zero-order valence-electron chi connectivity index (χ0n) is 12.4. The van der Waals surface area contributed by atoms with Crippen molar-refractivity contribution in [1.29, 1.82) is 0 Å². The number of hydrogen-bond acceptors (Lipinski definition) is 3. The van der Waals surface area contributed by atoms with Crippen LogP contribution in [0.4, 0.5) is 5.69 Å². The van der Waals surface area contributed by atoms with Crippen LogP contribution in [0.15, 0.2) is 42.5 Å². The summed E-state index contributed by atoms with van der Waals surface area (Å²) in [6.45, 7) is 4.61. The number of carbonyl (C=O) groups excluding carboxylic acids is 1. The van der Waals surface area contributed by atoms with Gasteiger partial charge >= 0.3 is 0 Å². The molecule has 0 fully saturated rings. The highest BCUT2D eigenvalue weighted by atomic mass is 16.1. The van der Waals surface area contributed by atoms with Crippen LogP contribution in [0.5, 0.6) is 0 Å². The van der Waals surface area contributed by atoms with Crippen LogP contribution in [0.2, 0.25) is 0 Å². The van der Waals surface area contributed by atoms with Crippen LogP contribution < -0.4 is 16.6 Å². The molecule has 0 aliphatic carbocycles. The molecular formula is C17H21N3O. The van der Waals surface area contributed by atoms with Crippen molar-refractivity contribution in [2.24, 2.45) is 5.84 Å². The van der Waals surface area contributed by atoms with Gasteiger partial charge in [-0.3, -0.25) is 10.6 Å². The average molecular weight is 283 g/mol. The Kier molecular flexibility index (Phi) is 4.95. The monoisotopic (exact) mass is 283 g/mol. The minimum Gasteiger partial charge on any atom is -0.352 e. The first-order valence-corrected chi connectivity index (χ1v) is 7.01. The molecule has 21 heavy (non-hydrogen) atoms. The number of hydrazine groups is 1. The second kappa shape index (κ2) is 6.90. The Hall–Kier alpha value is -2.33. The van der Waals surface area contributed by atoms with Crippen LogP contribution in [-0.2, 0) is 6.42 Å².